The van der Waals surface area contributed by atoms with Crippen molar-refractivity contribution in [3.63, 3.8) is 0 Å². The van der Waals surface area contributed by atoms with Crippen molar-refractivity contribution in [2.75, 3.05) is 11.1 Å². The summed E-state index contributed by atoms with van der Waals surface area (Å²) in [5.41, 5.74) is 7.64. The molecule has 0 saturated heterocycles. The first-order valence-electron chi connectivity index (χ1n) is 7.42. The smallest absolute Gasteiger partial charge is 0.232 e. The average molecular weight is 360 g/mol. The monoisotopic (exact) mass is 359 g/mol. The molecule has 0 radical (unpaired) electrons. The van der Waals surface area contributed by atoms with E-state index in [0.29, 0.717) is 17.5 Å². The maximum atomic E-state index is 13.1. The highest BCUT2D eigenvalue weighted by Gasteiger charge is 2.09. The Kier molecular flexibility index (Phi) is 4.95. The molecule has 0 amide bonds. The maximum absolute atomic E-state index is 13.1. The van der Waals surface area contributed by atoms with E-state index in [4.69, 9.17) is 22.1 Å². The molecule has 0 unspecified atom stereocenters. The standard InChI is InChI=1S/C17H15ClFN5O/c1-10-4-2-3-5-13(10)21-17-23-15(22-16(20)24-17)9-25-14-7-6-11(19)8-12(14)18/h2-8H,9H2,1H3,(H3,20,21,22,23,24). The van der Waals surface area contributed by atoms with E-state index >= 15 is 0 Å². The van der Waals surface area contributed by atoms with Gasteiger partial charge in [0.05, 0.1) is 5.02 Å². The molecular weight excluding hydrogens is 345 g/mol. The van der Waals surface area contributed by atoms with E-state index in [2.05, 4.69) is 20.3 Å². The van der Waals surface area contributed by atoms with Gasteiger partial charge in [-0.15, -0.1) is 0 Å². The Labute approximate surface area is 148 Å². The number of aromatic nitrogens is 3. The minimum absolute atomic E-state index is 0.0144. The minimum Gasteiger partial charge on any atom is -0.484 e. The first-order chi connectivity index (χ1) is 12.0. The first-order valence-corrected chi connectivity index (χ1v) is 7.80. The van der Waals surface area contributed by atoms with Crippen molar-refractivity contribution in [1.82, 2.24) is 15.0 Å². The fraction of sp³-hybridized carbons (Fsp3) is 0.118. The zero-order chi connectivity index (χ0) is 17.8. The summed E-state index contributed by atoms with van der Waals surface area (Å²) in [6.07, 6.45) is 0. The van der Waals surface area contributed by atoms with Gasteiger partial charge in [0.2, 0.25) is 11.9 Å². The summed E-state index contributed by atoms with van der Waals surface area (Å²) in [6, 6.07) is 11.6. The first kappa shape index (κ1) is 16.9. The van der Waals surface area contributed by atoms with Crippen molar-refractivity contribution in [2.24, 2.45) is 0 Å². The fourth-order valence-electron chi connectivity index (χ4n) is 2.13. The van der Waals surface area contributed by atoms with Gasteiger partial charge in [0.15, 0.2) is 5.82 Å². The Morgan fingerprint density at radius 2 is 1.96 bits per heavy atom. The number of benzene rings is 2. The van der Waals surface area contributed by atoms with Crippen LogP contribution >= 0.6 is 11.6 Å². The van der Waals surface area contributed by atoms with Crippen LogP contribution in [-0.2, 0) is 6.61 Å². The van der Waals surface area contributed by atoms with Gasteiger partial charge in [0.25, 0.3) is 0 Å². The van der Waals surface area contributed by atoms with Gasteiger partial charge in [0.1, 0.15) is 18.2 Å². The zero-order valence-corrected chi connectivity index (χ0v) is 14.1. The molecule has 0 aliphatic rings. The van der Waals surface area contributed by atoms with Crippen LogP contribution in [-0.4, -0.2) is 15.0 Å². The van der Waals surface area contributed by atoms with Crippen molar-refractivity contribution in [3.8, 4) is 5.75 Å². The molecule has 8 heteroatoms. The molecule has 3 rings (SSSR count). The Balaban J connectivity index is 1.76. The molecule has 0 saturated carbocycles. The van der Waals surface area contributed by atoms with Crippen LogP contribution in [0.5, 0.6) is 5.75 Å². The molecule has 0 aliphatic carbocycles. The zero-order valence-electron chi connectivity index (χ0n) is 13.3. The number of nitrogens with two attached hydrogens (primary N) is 1. The van der Waals surface area contributed by atoms with Gasteiger partial charge in [0, 0.05) is 5.69 Å². The van der Waals surface area contributed by atoms with Crippen LogP contribution in [0.4, 0.5) is 22.0 Å². The molecule has 3 N–H and O–H groups in total. The lowest BCUT2D eigenvalue weighted by Crippen LogP contribution is -2.09. The van der Waals surface area contributed by atoms with Gasteiger partial charge in [-0.1, -0.05) is 29.8 Å². The van der Waals surface area contributed by atoms with Gasteiger partial charge >= 0.3 is 0 Å². The van der Waals surface area contributed by atoms with Crippen molar-refractivity contribution in [2.45, 2.75) is 13.5 Å². The van der Waals surface area contributed by atoms with Crippen molar-refractivity contribution in [3.05, 3.63) is 64.7 Å². The third-order valence-electron chi connectivity index (χ3n) is 3.34. The second-order valence-corrected chi connectivity index (χ2v) is 5.64. The molecule has 6 nitrogen and oxygen atoms in total. The quantitative estimate of drug-likeness (QED) is 0.719. The van der Waals surface area contributed by atoms with E-state index in [1.165, 1.54) is 18.2 Å². The fourth-order valence-corrected chi connectivity index (χ4v) is 2.35. The number of nitrogen functional groups attached to an aromatic ring is 1. The number of para-hydroxylation sites is 1. The molecule has 0 aliphatic heterocycles. The molecular formula is C17H15ClFN5O. The van der Waals surface area contributed by atoms with Crippen molar-refractivity contribution < 1.29 is 9.13 Å². The van der Waals surface area contributed by atoms with Crippen LogP contribution in [0.3, 0.4) is 0 Å². The molecule has 0 atom stereocenters. The molecule has 0 fully saturated rings. The Morgan fingerprint density at radius 3 is 2.72 bits per heavy atom. The second kappa shape index (κ2) is 7.31. The van der Waals surface area contributed by atoms with E-state index in [1.807, 2.05) is 31.2 Å². The van der Waals surface area contributed by atoms with Crippen LogP contribution in [0, 0.1) is 12.7 Å². The topological polar surface area (TPSA) is 86.0 Å². The summed E-state index contributed by atoms with van der Waals surface area (Å²) in [5, 5.41) is 3.26. The van der Waals surface area contributed by atoms with Crippen LogP contribution in [0.25, 0.3) is 0 Å². The van der Waals surface area contributed by atoms with E-state index in [1.54, 1.807) is 0 Å². The lowest BCUT2D eigenvalue weighted by molar-refractivity contribution is 0.295. The summed E-state index contributed by atoms with van der Waals surface area (Å²) < 4.78 is 18.6. The highest BCUT2D eigenvalue weighted by Crippen LogP contribution is 2.25. The predicted molar refractivity (Wildman–Crippen MR) is 94.4 cm³/mol. The minimum atomic E-state index is -0.438. The van der Waals surface area contributed by atoms with Crippen molar-refractivity contribution in [1.29, 1.82) is 0 Å². The van der Waals surface area contributed by atoms with Gasteiger partial charge < -0.3 is 15.8 Å². The molecule has 0 bridgehead atoms. The third kappa shape index (κ3) is 4.33. The second-order valence-electron chi connectivity index (χ2n) is 5.24. The summed E-state index contributed by atoms with van der Waals surface area (Å²) in [5.74, 6) is 0.589. The summed E-state index contributed by atoms with van der Waals surface area (Å²) in [6.45, 7) is 1.98. The molecule has 0 spiro atoms. The van der Waals surface area contributed by atoms with E-state index in [0.717, 1.165) is 11.3 Å². The SMILES string of the molecule is Cc1ccccc1Nc1nc(N)nc(COc2ccc(F)cc2Cl)n1. The average Bonchev–Trinajstić information content (AvgIpc) is 2.56. The number of ether oxygens (including phenoxy) is 1. The van der Waals surface area contributed by atoms with Crippen molar-refractivity contribution >= 4 is 29.2 Å². The van der Waals surface area contributed by atoms with Crippen LogP contribution < -0.4 is 15.8 Å². The summed E-state index contributed by atoms with van der Waals surface area (Å²) in [4.78, 5) is 12.4. The Bertz CT molecular complexity index is 906. The van der Waals surface area contributed by atoms with Gasteiger partial charge in [-0.05, 0) is 36.8 Å². The number of hydrogen-bond donors (Lipinski definition) is 2. The third-order valence-corrected chi connectivity index (χ3v) is 3.64. The number of anilines is 3. The van der Waals surface area contributed by atoms with Gasteiger partial charge in [-0.3, -0.25) is 0 Å². The van der Waals surface area contributed by atoms with E-state index in [-0.39, 0.29) is 17.6 Å². The lowest BCUT2D eigenvalue weighted by Gasteiger charge is -2.10. The molecule has 25 heavy (non-hydrogen) atoms. The molecule has 3 aromatic rings. The molecule has 1 aromatic heterocycles. The number of nitrogens with one attached hydrogen (secondary N) is 1. The lowest BCUT2D eigenvalue weighted by atomic mass is 10.2. The largest absolute Gasteiger partial charge is 0.484 e. The van der Waals surface area contributed by atoms with Gasteiger partial charge in [-0.25, -0.2) is 4.39 Å². The predicted octanol–water partition coefficient (Wildman–Crippen LogP) is 3.88. The Morgan fingerprint density at radius 1 is 1.16 bits per heavy atom. The Hall–Kier alpha value is -2.93. The van der Waals surface area contributed by atoms with E-state index < -0.39 is 5.82 Å². The number of rotatable bonds is 5. The highest BCUT2D eigenvalue weighted by atomic mass is 35.5. The number of halogens is 2. The number of nitrogens with zero attached hydrogens (tertiary/aromatic N) is 3. The van der Waals surface area contributed by atoms with Crippen LogP contribution in [0.2, 0.25) is 5.02 Å². The summed E-state index contributed by atoms with van der Waals surface area (Å²) in [7, 11) is 0. The molecule has 2 aromatic carbocycles. The van der Waals surface area contributed by atoms with E-state index in [9.17, 15) is 4.39 Å². The molecule has 1 heterocycles. The molecule has 128 valence electrons. The maximum Gasteiger partial charge on any atom is 0.232 e. The van der Waals surface area contributed by atoms with Crippen LogP contribution in [0.1, 0.15) is 11.4 Å². The van der Waals surface area contributed by atoms with Gasteiger partial charge in [-0.2, -0.15) is 15.0 Å². The highest BCUT2D eigenvalue weighted by molar-refractivity contribution is 6.32. The summed E-state index contributed by atoms with van der Waals surface area (Å²) >= 11 is 5.93. The number of aryl methyl sites for hydroxylation is 1. The normalized spacial score (nSPS) is 10.5. The van der Waals surface area contributed by atoms with Crippen LogP contribution in [0.15, 0.2) is 42.5 Å². The number of hydrogen-bond acceptors (Lipinski definition) is 6.